The first-order chi connectivity index (χ1) is 9.25. The Labute approximate surface area is 116 Å². The topological polar surface area (TPSA) is 80.7 Å². The molecule has 1 saturated carbocycles. The Morgan fingerprint density at radius 2 is 2.15 bits per heavy atom. The summed E-state index contributed by atoms with van der Waals surface area (Å²) in [5.74, 6) is -2.58. The van der Waals surface area contributed by atoms with E-state index in [1.165, 1.54) is 31.4 Å². The number of hydrogen-bond donors (Lipinski definition) is 1. The quantitative estimate of drug-likeness (QED) is 0.879. The zero-order valence-electron chi connectivity index (χ0n) is 11.0. The molecule has 1 fully saturated rings. The van der Waals surface area contributed by atoms with Crippen molar-refractivity contribution in [1.82, 2.24) is 0 Å². The maximum Gasteiger partial charge on any atom is 0.314 e. The second-order valence-corrected chi connectivity index (χ2v) is 7.23. The standard InChI is InChI=1S/C13H15FO5S/c1-19-7-13(12(15)16)10(11(13)20(2,17)18)8-4-3-5-9(14)6-8/h3-6,10-11H,7H2,1-2H3,(H,15,16)/t10-,11-,13+/m1/s1. The van der Waals surface area contributed by atoms with Crippen molar-refractivity contribution in [1.29, 1.82) is 0 Å². The molecule has 0 amide bonds. The third-order valence-corrected chi connectivity index (χ3v) is 5.32. The van der Waals surface area contributed by atoms with Gasteiger partial charge in [-0.3, -0.25) is 4.79 Å². The Kier molecular flexibility index (Phi) is 3.60. The van der Waals surface area contributed by atoms with E-state index in [0.717, 1.165) is 6.26 Å². The number of carbonyl (C=O) groups is 1. The van der Waals surface area contributed by atoms with E-state index in [1.54, 1.807) is 0 Å². The van der Waals surface area contributed by atoms with Gasteiger partial charge < -0.3 is 9.84 Å². The molecule has 0 saturated heterocycles. The lowest BCUT2D eigenvalue weighted by Gasteiger charge is -2.11. The lowest BCUT2D eigenvalue weighted by molar-refractivity contribution is -0.145. The van der Waals surface area contributed by atoms with Gasteiger partial charge in [0.25, 0.3) is 0 Å². The lowest BCUT2D eigenvalue weighted by atomic mass is 10.00. The largest absolute Gasteiger partial charge is 0.481 e. The molecule has 3 atom stereocenters. The van der Waals surface area contributed by atoms with Crippen molar-refractivity contribution >= 4 is 15.8 Å². The summed E-state index contributed by atoms with van der Waals surface area (Å²) in [5, 5.41) is 8.33. The van der Waals surface area contributed by atoms with Crippen LogP contribution < -0.4 is 0 Å². The number of aliphatic carboxylic acids is 1. The van der Waals surface area contributed by atoms with Crippen LogP contribution in [0.5, 0.6) is 0 Å². The fraction of sp³-hybridized carbons (Fsp3) is 0.462. The third kappa shape index (κ3) is 2.20. The molecule has 2 rings (SSSR count). The van der Waals surface area contributed by atoms with Crippen LogP contribution >= 0.6 is 0 Å². The predicted octanol–water partition coefficient (Wildman–Crippen LogP) is 1.05. The first-order valence-electron chi connectivity index (χ1n) is 5.92. The fourth-order valence-corrected chi connectivity index (χ4v) is 4.83. The van der Waals surface area contributed by atoms with Crippen molar-refractivity contribution in [3.05, 3.63) is 35.6 Å². The van der Waals surface area contributed by atoms with Crippen molar-refractivity contribution < 1.29 is 27.4 Å². The zero-order valence-corrected chi connectivity index (χ0v) is 11.9. The number of benzene rings is 1. The average Bonchev–Trinajstić information content (AvgIpc) is 3.00. The van der Waals surface area contributed by atoms with E-state index >= 15 is 0 Å². The highest BCUT2D eigenvalue weighted by molar-refractivity contribution is 7.91. The van der Waals surface area contributed by atoms with Crippen molar-refractivity contribution in [2.75, 3.05) is 20.0 Å². The van der Waals surface area contributed by atoms with Gasteiger partial charge in [-0.25, -0.2) is 12.8 Å². The van der Waals surface area contributed by atoms with Crippen LogP contribution in [0.4, 0.5) is 4.39 Å². The van der Waals surface area contributed by atoms with Gasteiger partial charge in [-0.15, -0.1) is 0 Å². The number of halogens is 1. The maximum atomic E-state index is 13.3. The Hall–Kier alpha value is -1.47. The van der Waals surface area contributed by atoms with Crippen molar-refractivity contribution in [3.63, 3.8) is 0 Å². The van der Waals surface area contributed by atoms with Gasteiger partial charge in [-0.05, 0) is 17.7 Å². The van der Waals surface area contributed by atoms with Gasteiger partial charge in [0, 0.05) is 19.3 Å². The molecule has 110 valence electrons. The van der Waals surface area contributed by atoms with Gasteiger partial charge >= 0.3 is 5.97 Å². The minimum absolute atomic E-state index is 0.235. The van der Waals surface area contributed by atoms with Gasteiger partial charge in [-0.2, -0.15) is 0 Å². The number of ether oxygens (including phenoxy) is 1. The van der Waals surface area contributed by atoms with Crippen LogP contribution in [-0.2, 0) is 19.4 Å². The van der Waals surface area contributed by atoms with Gasteiger partial charge in [0.05, 0.1) is 11.9 Å². The monoisotopic (exact) mass is 302 g/mol. The van der Waals surface area contributed by atoms with E-state index in [2.05, 4.69) is 0 Å². The summed E-state index contributed by atoms with van der Waals surface area (Å²) >= 11 is 0. The Balaban J connectivity index is 2.53. The molecular formula is C13H15FO5S. The molecule has 1 aliphatic carbocycles. The molecule has 0 aliphatic heterocycles. The summed E-state index contributed by atoms with van der Waals surface area (Å²) in [6, 6.07) is 5.36. The summed E-state index contributed by atoms with van der Waals surface area (Å²) in [6.45, 7) is -0.235. The average molecular weight is 302 g/mol. The molecule has 0 spiro atoms. The molecule has 0 aromatic heterocycles. The van der Waals surface area contributed by atoms with Gasteiger partial charge in [-0.1, -0.05) is 12.1 Å². The van der Waals surface area contributed by atoms with Crippen LogP contribution in [0.3, 0.4) is 0 Å². The minimum Gasteiger partial charge on any atom is -0.481 e. The van der Waals surface area contributed by atoms with Crippen LogP contribution in [0.15, 0.2) is 24.3 Å². The number of rotatable bonds is 5. The summed E-state index contributed by atoms with van der Waals surface area (Å²) < 4.78 is 41.9. The number of hydrogen-bond acceptors (Lipinski definition) is 4. The molecule has 7 heteroatoms. The van der Waals surface area contributed by atoms with E-state index in [9.17, 15) is 22.7 Å². The third-order valence-electron chi connectivity index (χ3n) is 3.71. The van der Waals surface area contributed by atoms with Gasteiger partial charge in [0.1, 0.15) is 11.2 Å². The highest BCUT2D eigenvalue weighted by atomic mass is 32.2. The van der Waals surface area contributed by atoms with Crippen LogP contribution in [-0.4, -0.2) is 44.7 Å². The second-order valence-electron chi connectivity index (χ2n) is 5.06. The maximum absolute atomic E-state index is 13.3. The van der Waals surface area contributed by atoms with Crippen molar-refractivity contribution in [3.8, 4) is 0 Å². The highest BCUT2D eigenvalue weighted by Crippen LogP contribution is 2.63. The Morgan fingerprint density at radius 1 is 1.50 bits per heavy atom. The highest BCUT2D eigenvalue weighted by Gasteiger charge is 2.75. The fourth-order valence-electron chi connectivity index (χ4n) is 2.93. The van der Waals surface area contributed by atoms with Crippen molar-refractivity contribution in [2.45, 2.75) is 11.2 Å². The first-order valence-corrected chi connectivity index (χ1v) is 7.87. The van der Waals surface area contributed by atoms with Crippen LogP contribution in [0.2, 0.25) is 0 Å². The molecule has 1 aliphatic rings. The van der Waals surface area contributed by atoms with E-state index in [1.807, 2.05) is 0 Å². The molecule has 1 aromatic rings. The Bertz CT molecular complexity index is 642. The molecule has 1 aromatic carbocycles. The first kappa shape index (κ1) is 14.9. The summed E-state index contributed by atoms with van der Waals surface area (Å²) in [4.78, 5) is 11.6. The smallest absolute Gasteiger partial charge is 0.314 e. The summed E-state index contributed by atoms with van der Waals surface area (Å²) in [5.41, 5.74) is -1.18. The van der Waals surface area contributed by atoms with Crippen molar-refractivity contribution in [2.24, 2.45) is 5.41 Å². The van der Waals surface area contributed by atoms with E-state index in [0.29, 0.717) is 5.56 Å². The molecule has 0 bridgehead atoms. The number of carboxylic acid groups (broad SMARTS) is 1. The molecule has 0 heterocycles. The van der Waals surface area contributed by atoms with Gasteiger partial charge in [0.2, 0.25) is 0 Å². The normalized spacial score (nSPS) is 29.1. The van der Waals surface area contributed by atoms with E-state index < -0.39 is 38.2 Å². The zero-order chi connectivity index (χ0) is 15.1. The summed E-state index contributed by atoms with van der Waals surface area (Å²) in [6.07, 6.45) is 0.990. The van der Waals surface area contributed by atoms with Crippen LogP contribution in [0, 0.1) is 11.2 Å². The minimum atomic E-state index is -3.60. The molecule has 1 N–H and O–H groups in total. The molecule has 5 nitrogen and oxygen atoms in total. The molecule has 20 heavy (non-hydrogen) atoms. The number of sulfone groups is 1. The molecule has 0 unspecified atom stereocenters. The molecule has 0 radical (unpaired) electrons. The second kappa shape index (κ2) is 4.82. The van der Waals surface area contributed by atoms with Crippen LogP contribution in [0.1, 0.15) is 11.5 Å². The number of carboxylic acids is 1. The van der Waals surface area contributed by atoms with E-state index in [-0.39, 0.29) is 6.61 Å². The number of methoxy groups -OCH3 is 1. The Morgan fingerprint density at radius 3 is 2.60 bits per heavy atom. The lowest BCUT2D eigenvalue weighted by Crippen LogP contribution is -2.28. The summed E-state index contributed by atoms with van der Waals surface area (Å²) in [7, 11) is -2.29. The predicted molar refractivity (Wildman–Crippen MR) is 69.7 cm³/mol. The SMILES string of the molecule is COC[C@]1(C(=O)O)[C@H](c2cccc(F)c2)[C@H]1S(C)(=O)=O. The molecular weight excluding hydrogens is 287 g/mol. The van der Waals surface area contributed by atoms with Gasteiger partial charge in [0.15, 0.2) is 9.84 Å². The van der Waals surface area contributed by atoms with Crippen LogP contribution in [0.25, 0.3) is 0 Å². The van der Waals surface area contributed by atoms with E-state index in [4.69, 9.17) is 4.74 Å².